The summed E-state index contributed by atoms with van der Waals surface area (Å²) in [5, 5.41) is 2.88. The minimum absolute atomic E-state index is 0. The molecule has 1 radical (unpaired) electrons. The third-order valence-electron chi connectivity index (χ3n) is 9.99. The normalized spacial score (nSPS) is 13.7. The van der Waals surface area contributed by atoms with Gasteiger partial charge in [-0.15, -0.1) is 53.6 Å². The number of furan rings is 1. The summed E-state index contributed by atoms with van der Waals surface area (Å²) >= 11 is 0. The number of nitrogens with zero attached hydrogens (tertiary/aromatic N) is 4. The number of aryl methyl sites for hydroxylation is 2. The minimum atomic E-state index is -2.33. The molecule has 5 nitrogen and oxygen atoms in total. The maximum Gasteiger partial charge on any atom is 0.216 e. The Hall–Kier alpha value is -5.46. The second-order valence-electron chi connectivity index (χ2n) is 16.0. The third kappa shape index (κ3) is 8.06. The van der Waals surface area contributed by atoms with Gasteiger partial charge in [-0.2, -0.15) is 0 Å². The number of benzene rings is 5. The van der Waals surface area contributed by atoms with Gasteiger partial charge in [-0.25, -0.2) is 4.98 Å². The van der Waals surface area contributed by atoms with Crippen LogP contribution in [0.25, 0.3) is 72.6 Å². The molecule has 0 atom stereocenters. The molecular weight excluding hydrogens is 893 g/mol. The van der Waals surface area contributed by atoms with Gasteiger partial charge < -0.3 is 14.0 Å². The Morgan fingerprint density at radius 3 is 2.28 bits per heavy atom. The Morgan fingerprint density at radius 2 is 1.58 bits per heavy atom. The molecule has 0 unspecified atom stereocenters. The second kappa shape index (κ2) is 15.8. The fourth-order valence-electron chi connectivity index (χ4n) is 6.85. The molecule has 0 fully saturated rings. The molecule has 0 aliphatic rings. The minimum Gasteiger partial charge on any atom is -0.486 e. The van der Waals surface area contributed by atoms with E-state index in [2.05, 4.69) is 122 Å². The van der Waals surface area contributed by atoms with Gasteiger partial charge in [0.05, 0.1) is 30.5 Å². The molecule has 9 aromatic rings. The maximum absolute atomic E-state index is 7.80. The van der Waals surface area contributed by atoms with Crippen molar-refractivity contribution in [1.29, 1.82) is 0 Å². The van der Waals surface area contributed by atoms with Crippen LogP contribution in [0.2, 0.25) is 19.6 Å². The van der Waals surface area contributed by atoms with E-state index in [1.54, 1.807) is 24.3 Å². The third-order valence-corrected chi connectivity index (χ3v) is 12.0. The molecule has 0 saturated heterocycles. The maximum atomic E-state index is 7.80. The Morgan fingerprint density at radius 1 is 0.772 bits per heavy atom. The van der Waals surface area contributed by atoms with E-state index in [0.29, 0.717) is 22.5 Å². The van der Waals surface area contributed by atoms with Gasteiger partial charge in [0.15, 0.2) is 0 Å². The molecule has 4 heterocycles. The summed E-state index contributed by atoms with van der Waals surface area (Å²) in [5.41, 5.74) is 9.65. The largest absolute Gasteiger partial charge is 0.486 e. The van der Waals surface area contributed by atoms with Gasteiger partial charge in [-0.3, -0.25) is 4.98 Å². The van der Waals surface area contributed by atoms with E-state index in [9.17, 15) is 0 Å². The fourth-order valence-corrected chi connectivity index (χ4v) is 7.89. The number of fused-ring (bicyclic) bond motifs is 4. The van der Waals surface area contributed by atoms with Crippen molar-refractivity contribution < 1.29 is 32.7 Å². The van der Waals surface area contributed by atoms with E-state index in [1.165, 1.54) is 16.8 Å². The van der Waals surface area contributed by atoms with E-state index in [4.69, 9.17) is 17.6 Å². The van der Waals surface area contributed by atoms with E-state index in [-0.39, 0.29) is 36.9 Å². The number of hydrogen-bond donors (Lipinski definition) is 0. The summed E-state index contributed by atoms with van der Waals surface area (Å²) in [5.74, 6) is 0.678. The molecular formula is C50H46IrN4OSi-2. The van der Waals surface area contributed by atoms with Gasteiger partial charge in [-0.05, 0) is 70.7 Å². The summed E-state index contributed by atoms with van der Waals surface area (Å²) in [6.45, 7) is 9.09. The molecule has 5 aromatic carbocycles. The van der Waals surface area contributed by atoms with Gasteiger partial charge in [0.1, 0.15) is 0 Å². The first kappa shape index (κ1) is 32.6. The Bertz CT molecular complexity index is 3000. The van der Waals surface area contributed by atoms with Crippen LogP contribution in [-0.2, 0) is 25.5 Å². The zero-order valence-electron chi connectivity index (χ0n) is 38.7. The van der Waals surface area contributed by atoms with Crippen LogP contribution < -0.4 is 5.19 Å². The summed E-state index contributed by atoms with van der Waals surface area (Å²) < 4.78 is 53.9. The summed E-state index contributed by atoms with van der Waals surface area (Å²) in [6, 6.07) is 47.6. The molecule has 7 heteroatoms. The van der Waals surface area contributed by atoms with Gasteiger partial charge >= 0.3 is 0 Å². The van der Waals surface area contributed by atoms with Crippen molar-refractivity contribution >= 4 is 46.4 Å². The SMILES string of the molecule is [2H]C([2H])([2H])c1c[c-]c(-c2ccc([Si](C)(C)C)cn2)cc1.[2H]C([2H])([2H])c1ccc2c(n1)oc1c(-c3nc4ccccc4n3-c3ccc(C(C)(C)C)cc3-c3ccccc3)[c-]ccc12.[Ir]. The number of hydrogen-bond acceptors (Lipinski definition) is 4. The van der Waals surface area contributed by atoms with Gasteiger partial charge in [0.2, 0.25) is 5.71 Å². The number of aromatic nitrogens is 4. The van der Waals surface area contributed by atoms with Crippen LogP contribution in [0.3, 0.4) is 0 Å². The zero-order chi connectivity index (χ0) is 44.2. The van der Waals surface area contributed by atoms with Crippen molar-refractivity contribution in [1.82, 2.24) is 19.5 Å². The van der Waals surface area contributed by atoms with Crippen LogP contribution in [0.4, 0.5) is 0 Å². The van der Waals surface area contributed by atoms with Gasteiger partial charge in [0.25, 0.3) is 0 Å². The van der Waals surface area contributed by atoms with Gasteiger partial charge in [0, 0.05) is 56.9 Å². The average Bonchev–Trinajstić information content (AvgIpc) is 3.81. The predicted octanol–water partition coefficient (Wildman–Crippen LogP) is 12.5. The summed E-state index contributed by atoms with van der Waals surface area (Å²) in [6.07, 6.45) is 1.92. The Labute approximate surface area is 358 Å². The van der Waals surface area contributed by atoms with E-state index in [0.717, 1.165) is 49.9 Å². The summed E-state index contributed by atoms with van der Waals surface area (Å²) in [7, 11) is -1.34. The van der Waals surface area contributed by atoms with Crippen LogP contribution in [0.5, 0.6) is 0 Å². The topological polar surface area (TPSA) is 56.7 Å². The molecule has 0 spiro atoms. The molecule has 9 rings (SSSR count). The molecule has 57 heavy (non-hydrogen) atoms. The number of para-hydroxylation sites is 2. The second-order valence-corrected chi connectivity index (χ2v) is 21.1. The zero-order valence-corrected chi connectivity index (χ0v) is 36.1. The van der Waals surface area contributed by atoms with Crippen LogP contribution in [0.15, 0.2) is 138 Å². The van der Waals surface area contributed by atoms with Crippen LogP contribution >= 0.6 is 0 Å². The van der Waals surface area contributed by atoms with Crippen molar-refractivity contribution in [3.63, 3.8) is 0 Å². The van der Waals surface area contributed by atoms with Crippen molar-refractivity contribution in [3.05, 3.63) is 163 Å². The van der Waals surface area contributed by atoms with Crippen molar-refractivity contribution in [3.8, 4) is 39.5 Å². The van der Waals surface area contributed by atoms with Crippen LogP contribution in [0.1, 0.15) is 45.8 Å². The monoisotopic (exact) mass is 945 g/mol. The fraction of sp³-hybridized carbons (Fsp3) is 0.180. The smallest absolute Gasteiger partial charge is 0.216 e. The van der Waals surface area contributed by atoms with Crippen LogP contribution in [-0.4, -0.2) is 27.6 Å². The standard InChI is InChI=1S/C35H28N3O.C15H18NSi.Ir/c1-22-17-19-26-25-13-10-14-27(32(25)39-34(26)36-22)33-37-29-15-8-9-16-31(29)38(33)30-20-18-24(35(2,3)4)21-28(30)23-11-6-5-7-12-23;1-12-5-7-13(8-6-12)15-10-9-14(11-16-15)17(2,3)4;/h5-13,15-21H,1-4H3;5-7,9-11H,1-4H3;/q2*-1;/i2*1D3;. The van der Waals surface area contributed by atoms with E-state index >= 15 is 0 Å². The Kier molecular flexibility index (Phi) is 9.05. The number of imidazole rings is 1. The number of pyridine rings is 2. The first-order valence-electron chi connectivity index (χ1n) is 21.7. The Balaban J connectivity index is 0.000000239. The van der Waals surface area contributed by atoms with E-state index < -0.39 is 21.8 Å². The van der Waals surface area contributed by atoms with Crippen molar-refractivity contribution in [2.45, 2.75) is 59.5 Å². The molecule has 0 N–H and O–H groups in total. The van der Waals surface area contributed by atoms with E-state index in [1.807, 2.05) is 48.7 Å². The molecule has 0 bridgehead atoms. The van der Waals surface area contributed by atoms with Crippen molar-refractivity contribution in [2.24, 2.45) is 0 Å². The molecule has 0 saturated carbocycles. The average molecular weight is 945 g/mol. The summed E-state index contributed by atoms with van der Waals surface area (Å²) in [4.78, 5) is 13.9. The molecule has 4 aromatic heterocycles. The molecule has 0 amide bonds. The molecule has 0 aliphatic carbocycles. The van der Waals surface area contributed by atoms with Crippen LogP contribution in [0, 0.1) is 25.8 Å². The molecule has 0 aliphatic heterocycles. The van der Waals surface area contributed by atoms with Crippen molar-refractivity contribution in [2.75, 3.05) is 0 Å². The number of rotatable bonds is 5. The first-order chi connectivity index (χ1) is 29.3. The first-order valence-corrected chi connectivity index (χ1v) is 22.2. The quantitative estimate of drug-likeness (QED) is 0.127. The molecule has 287 valence electrons. The predicted molar refractivity (Wildman–Crippen MR) is 236 cm³/mol. The van der Waals surface area contributed by atoms with Gasteiger partial charge in [-0.1, -0.05) is 119 Å².